The van der Waals surface area contributed by atoms with Crippen molar-refractivity contribution in [2.45, 2.75) is 43.2 Å². The zero-order chi connectivity index (χ0) is 19.5. The molecule has 1 N–H and O–H groups in total. The summed E-state index contributed by atoms with van der Waals surface area (Å²) >= 11 is 0. The van der Waals surface area contributed by atoms with Crippen LogP contribution in [0.4, 0.5) is 0 Å². The Bertz CT molecular complexity index is 848. The monoisotopic (exact) mass is 387 g/mol. The standard InChI is InChI=1S/C25H25NO3/c1-4-10-18(11-5-1)27-21-16-22-24(28-19-12-6-2-7-13-19)25(23(17-21)26-22)29-20-14-8-3-9-15-20/h1-15,21-26H,16-17H2. The van der Waals surface area contributed by atoms with Gasteiger partial charge in [0.2, 0.25) is 0 Å². The van der Waals surface area contributed by atoms with Crippen LogP contribution in [0.3, 0.4) is 0 Å². The highest BCUT2D eigenvalue weighted by Gasteiger charge is 2.51. The van der Waals surface area contributed by atoms with E-state index in [-0.39, 0.29) is 30.4 Å². The van der Waals surface area contributed by atoms with Crippen LogP contribution >= 0.6 is 0 Å². The third-order valence-corrected chi connectivity index (χ3v) is 5.66. The fourth-order valence-corrected chi connectivity index (χ4v) is 4.39. The molecule has 4 heteroatoms. The summed E-state index contributed by atoms with van der Waals surface area (Å²) in [5.41, 5.74) is 0. The molecule has 3 aromatic rings. The fourth-order valence-electron chi connectivity index (χ4n) is 4.39. The number of benzene rings is 3. The molecule has 0 saturated carbocycles. The number of ether oxygens (including phenoxy) is 3. The third kappa shape index (κ3) is 4.08. The van der Waals surface area contributed by atoms with Crippen molar-refractivity contribution in [3.8, 4) is 17.2 Å². The van der Waals surface area contributed by atoms with Crippen molar-refractivity contribution in [3.63, 3.8) is 0 Å². The lowest BCUT2D eigenvalue weighted by Gasteiger charge is -2.30. The topological polar surface area (TPSA) is 39.7 Å². The van der Waals surface area contributed by atoms with Crippen molar-refractivity contribution < 1.29 is 14.2 Å². The minimum atomic E-state index is -0.0769. The van der Waals surface area contributed by atoms with Gasteiger partial charge < -0.3 is 19.5 Å². The summed E-state index contributed by atoms with van der Waals surface area (Å²) in [6.45, 7) is 0. The Morgan fingerprint density at radius 1 is 0.517 bits per heavy atom. The zero-order valence-electron chi connectivity index (χ0n) is 16.2. The number of hydrogen-bond acceptors (Lipinski definition) is 4. The fraction of sp³-hybridized carbons (Fsp3) is 0.280. The predicted molar refractivity (Wildman–Crippen MR) is 113 cm³/mol. The third-order valence-electron chi connectivity index (χ3n) is 5.66. The molecule has 4 nitrogen and oxygen atoms in total. The summed E-state index contributed by atoms with van der Waals surface area (Å²) in [5, 5.41) is 3.72. The van der Waals surface area contributed by atoms with Gasteiger partial charge in [-0.05, 0) is 36.4 Å². The van der Waals surface area contributed by atoms with Crippen LogP contribution in [0, 0.1) is 0 Å². The minimum Gasteiger partial charge on any atom is -0.490 e. The van der Waals surface area contributed by atoms with E-state index in [1.165, 1.54) is 0 Å². The molecule has 29 heavy (non-hydrogen) atoms. The van der Waals surface area contributed by atoms with Gasteiger partial charge in [0.05, 0.1) is 12.1 Å². The quantitative estimate of drug-likeness (QED) is 0.678. The minimum absolute atomic E-state index is 0.0769. The Morgan fingerprint density at radius 2 is 0.897 bits per heavy atom. The Morgan fingerprint density at radius 3 is 1.31 bits per heavy atom. The Balaban J connectivity index is 1.37. The molecule has 3 aromatic carbocycles. The van der Waals surface area contributed by atoms with Crippen molar-refractivity contribution in [1.82, 2.24) is 5.32 Å². The number of fused-ring (bicyclic) bond motifs is 2. The summed E-state index contributed by atoms with van der Waals surface area (Å²) in [7, 11) is 0. The highest BCUT2D eigenvalue weighted by atomic mass is 16.5. The molecule has 2 aliphatic rings. The van der Waals surface area contributed by atoms with Crippen LogP contribution in [0.2, 0.25) is 0 Å². The zero-order valence-corrected chi connectivity index (χ0v) is 16.2. The van der Waals surface area contributed by atoms with Gasteiger partial charge in [-0.15, -0.1) is 0 Å². The first-order chi connectivity index (χ1) is 14.3. The molecule has 0 spiro atoms. The summed E-state index contributed by atoms with van der Waals surface area (Å²) in [4.78, 5) is 0. The van der Waals surface area contributed by atoms with Crippen molar-refractivity contribution in [2.75, 3.05) is 0 Å². The largest absolute Gasteiger partial charge is 0.490 e. The van der Waals surface area contributed by atoms with Gasteiger partial charge in [-0.25, -0.2) is 0 Å². The highest BCUT2D eigenvalue weighted by Crippen LogP contribution is 2.35. The summed E-state index contributed by atoms with van der Waals surface area (Å²) in [6, 6.07) is 30.4. The number of para-hydroxylation sites is 3. The number of rotatable bonds is 6. The predicted octanol–water partition coefficient (Wildman–Crippen LogP) is 4.46. The first-order valence-electron chi connectivity index (χ1n) is 10.3. The van der Waals surface area contributed by atoms with Crippen molar-refractivity contribution in [1.29, 1.82) is 0 Å². The van der Waals surface area contributed by atoms with Crippen molar-refractivity contribution in [2.24, 2.45) is 0 Å². The smallest absolute Gasteiger partial charge is 0.152 e. The molecule has 2 fully saturated rings. The van der Waals surface area contributed by atoms with Gasteiger partial charge in [0.1, 0.15) is 23.4 Å². The molecule has 4 unspecified atom stereocenters. The van der Waals surface area contributed by atoms with Crippen molar-refractivity contribution >= 4 is 0 Å². The highest BCUT2D eigenvalue weighted by molar-refractivity contribution is 5.26. The van der Waals surface area contributed by atoms with Gasteiger partial charge >= 0.3 is 0 Å². The molecule has 2 saturated heterocycles. The normalized spacial score (nSPS) is 27.9. The van der Waals surface area contributed by atoms with Crippen LogP contribution < -0.4 is 19.5 Å². The first kappa shape index (κ1) is 18.1. The number of hydrogen-bond donors (Lipinski definition) is 1. The molecular formula is C25H25NO3. The van der Waals surface area contributed by atoms with E-state index >= 15 is 0 Å². The molecule has 0 aromatic heterocycles. The maximum atomic E-state index is 6.43. The average Bonchev–Trinajstić information content (AvgIpc) is 3.00. The first-order valence-corrected chi connectivity index (χ1v) is 10.3. The van der Waals surface area contributed by atoms with Crippen molar-refractivity contribution in [3.05, 3.63) is 91.0 Å². The summed E-state index contributed by atoms with van der Waals surface area (Å²) < 4.78 is 19.1. The molecule has 2 bridgehead atoms. The van der Waals surface area contributed by atoms with Gasteiger partial charge in [-0.3, -0.25) is 0 Å². The van der Waals surface area contributed by atoms with E-state index in [9.17, 15) is 0 Å². The summed E-state index contributed by atoms with van der Waals surface area (Å²) in [5.74, 6) is 2.66. The van der Waals surface area contributed by atoms with Crippen LogP contribution in [0.25, 0.3) is 0 Å². The molecule has 0 radical (unpaired) electrons. The van der Waals surface area contributed by atoms with Gasteiger partial charge in [0.15, 0.2) is 12.2 Å². The van der Waals surface area contributed by atoms with Crippen LogP contribution in [0.1, 0.15) is 12.8 Å². The maximum absolute atomic E-state index is 6.43. The van der Waals surface area contributed by atoms with E-state index in [2.05, 4.69) is 5.32 Å². The molecule has 0 aliphatic carbocycles. The number of piperidine rings is 1. The van der Waals surface area contributed by atoms with E-state index in [1.54, 1.807) is 0 Å². The summed E-state index contributed by atoms with van der Waals surface area (Å²) in [6.07, 6.45) is 1.76. The second-order valence-corrected chi connectivity index (χ2v) is 7.70. The van der Waals surface area contributed by atoms with Gasteiger partial charge in [0.25, 0.3) is 0 Å². The van der Waals surface area contributed by atoms with Crippen LogP contribution in [0.5, 0.6) is 17.2 Å². The van der Waals surface area contributed by atoms with Gasteiger partial charge in [-0.2, -0.15) is 0 Å². The molecular weight excluding hydrogens is 362 g/mol. The Kier molecular flexibility index (Phi) is 5.10. The average molecular weight is 387 g/mol. The Hall–Kier alpha value is -2.98. The molecule has 4 atom stereocenters. The van der Waals surface area contributed by atoms with E-state index in [0.29, 0.717) is 0 Å². The second kappa shape index (κ2) is 8.18. The molecule has 2 heterocycles. The lowest BCUT2D eigenvalue weighted by molar-refractivity contribution is 0.0663. The Labute approximate surface area is 171 Å². The van der Waals surface area contributed by atoms with Gasteiger partial charge in [0, 0.05) is 12.8 Å². The van der Waals surface area contributed by atoms with E-state index in [4.69, 9.17) is 14.2 Å². The number of nitrogens with one attached hydrogen (secondary N) is 1. The van der Waals surface area contributed by atoms with Crippen LogP contribution in [-0.4, -0.2) is 30.4 Å². The molecule has 0 amide bonds. The SMILES string of the molecule is c1ccc(OC2CC3NC(C2)C(Oc2ccccc2)C3Oc2ccccc2)cc1. The van der Waals surface area contributed by atoms with Gasteiger partial charge in [-0.1, -0.05) is 54.6 Å². The molecule has 148 valence electrons. The van der Waals surface area contributed by atoms with Crippen LogP contribution in [0.15, 0.2) is 91.0 Å². The van der Waals surface area contributed by atoms with Crippen LogP contribution in [-0.2, 0) is 0 Å². The second-order valence-electron chi connectivity index (χ2n) is 7.70. The van der Waals surface area contributed by atoms with E-state index in [1.807, 2.05) is 91.0 Å². The maximum Gasteiger partial charge on any atom is 0.152 e. The van der Waals surface area contributed by atoms with E-state index in [0.717, 1.165) is 30.1 Å². The molecule has 2 aliphatic heterocycles. The lowest BCUT2D eigenvalue weighted by atomic mass is 10.0. The lowest BCUT2D eigenvalue weighted by Crippen LogP contribution is -2.45. The van der Waals surface area contributed by atoms with E-state index < -0.39 is 0 Å². The molecule has 5 rings (SSSR count).